The molecule has 8 heteroatoms. The van der Waals surface area contributed by atoms with Gasteiger partial charge in [0.15, 0.2) is 0 Å². The summed E-state index contributed by atoms with van der Waals surface area (Å²) in [6.07, 6.45) is 0. The van der Waals surface area contributed by atoms with Gasteiger partial charge in [-0.25, -0.2) is 19.8 Å². The SMILES string of the molecule is [C-]#[N+]c1c(C)nc(N)nc1N[C@@H](C)c1nc2cccc(C)c2c(=O)n1-c1ccccc1C. The van der Waals surface area contributed by atoms with E-state index in [-0.39, 0.29) is 17.2 Å². The van der Waals surface area contributed by atoms with Gasteiger partial charge in [0.25, 0.3) is 5.56 Å². The number of fused-ring (bicyclic) bond motifs is 1. The van der Waals surface area contributed by atoms with Crippen LogP contribution in [0.25, 0.3) is 21.4 Å². The number of nitrogens with two attached hydrogens (primary N) is 1. The molecule has 0 aliphatic carbocycles. The Bertz CT molecular complexity index is 1450. The second-order valence-electron chi connectivity index (χ2n) is 7.71. The monoisotopic (exact) mass is 425 g/mol. The first-order chi connectivity index (χ1) is 15.3. The molecule has 0 aliphatic rings. The fourth-order valence-corrected chi connectivity index (χ4v) is 3.84. The van der Waals surface area contributed by atoms with Crippen LogP contribution in [0.2, 0.25) is 0 Å². The molecule has 0 saturated carbocycles. The molecule has 8 nitrogen and oxygen atoms in total. The van der Waals surface area contributed by atoms with Gasteiger partial charge in [0.1, 0.15) is 11.6 Å². The molecule has 0 radical (unpaired) electrons. The molecule has 2 heterocycles. The second-order valence-corrected chi connectivity index (χ2v) is 7.71. The molecule has 2 aromatic carbocycles. The van der Waals surface area contributed by atoms with E-state index < -0.39 is 6.04 Å². The standard InChI is InChI=1S/C24H23N7O/c1-13-9-6-7-12-18(13)31-22(29-17-11-8-10-14(2)19(17)23(31)32)16(4)27-21-20(26-5)15(3)28-24(25)30-21/h6-12,16H,1-4H3,(H3,25,27,28,30)/t16-/m0/s1. The van der Waals surface area contributed by atoms with E-state index in [2.05, 4.69) is 20.1 Å². The molecule has 0 aliphatic heterocycles. The van der Waals surface area contributed by atoms with Crippen molar-refractivity contribution in [3.05, 3.63) is 86.9 Å². The number of benzene rings is 2. The molecule has 2 aromatic heterocycles. The minimum absolute atomic E-state index is 0.0722. The number of rotatable bonds is 4. The minimum atomic E-state index is -0.457. The maximum absolute atomic E-state index is 13.7. The van der Waals surface area contributed by atoms with Gasteiger partial charge in [-0.2, -0.15) is 0 Å². The zero-order chi connectivity index (χ0) is 23.0. The summed E-state index contributed by atoms with van der Waals surface area (Å²) in [7, 11) is 0. The zero-order valence-corrected chi connectivity index (χ0v) is 18.3. The van der Waals surface area contributed by atoms with E-state index in [1.165, 1.54) is 0 Å². The van der Waals surface area contributed by atoms with Gasteiger partial charge < -0.3 is 11.1 Å². The highest BCUT2D eigenvalue weighted by molar-refractivity contribution is 5.81. The first-order valence-electron chi connectivity index (χ1n) is 10.2. The molecule has 32 heavy (non-hydrogen) atoms. The van der Waals surface area contributed by atoms with Gasteiger partial charge in [-0.15, -0.1) is 0 Å². The van der Waals surface area contributed by atoms with Crippen LogP contribution in [0.1, 0.15) is 35.6 Å². The van der Waals surface area contributed by atoms with Crippen LogP contribution >= 0.6 is 0 Å². The Morgan fingerprint density at radius 2 is 1.75 bits per heavy atom. The largest absolute Gasteiger partial charge is 0.369 e. The molecule has 0 fully saturated rings. The van der Waals surface area contributed by atoms with E-state index in [0.29, 0.717) is 28.2 Å². The summed E-state index contributed by atoms with van der Waals surface area (Å²) in [5, 5.41) is 3.81. The zero-order valence-electron chi connectivity index (χ0n) is 18.3. The van der Waals surface area contributed by atoms with Gasteiger partial charge in [-0.1, -0.05) is 30.3 Å². The third kappa shape index (κ3) is 3.54. The highest BCUT2D eigenvalue weighted by Crippen LogP contribution is 2.30. The maximum atomic E-state index is 13.7. The summed E-state index contributed by atoms with van der Waals surface area (Å²) in [6, 6.07) is 12.8. The third-order valence-corrected chi connectivity index (χ3v) is 5.42. The van der Waals surface area contributed by atoms with Gasteiger partial charge in [0.05, 0.1) is 34.9 Å². The van der Waals surface area contributed by atoms with E-state index >= 15 is 0 Å². The van der Waals surface area contributed by atoms with E-state index in [4.69, 9.17) is 17.3 Å². The van der Waals surface area contributed by atoms with Crippen LogP contribution < -0.4 is 16.6 Å². The summed E-state index contributed by atoms with van der Waals surface area (Å²) in [6.45, 7) is 15.0. The van der Waals surface area contributed by atoms with Gasteiger partial charge in [-0.05, 0) is 51.0 Å². The first kappa shape index (κ1) is 21.0. The molecule has 1 atom stereocenters. The molecular formula is C24H23N7O. The molecule has 3 N–H and O–H groups in total. The van der Waals surface area contributed by atoms with Gasteiger partial charge in [-0.3, -0.25) is 9.36 Å². The molecule has 0 spiro atoms. The predicted molar refractivity (Wildman–Crippen MR) is 126 cm³/mol. The van der Waals surface area contributed by atoms with Crippen LogP contribution in [0.5, 0.6) is 0 Å². The summed E-state index contributed by atoms with van der Waals surface area (Å²) in [5.74, 6) is 0.892. The summed E-state index contributed by atoms with van der Waals surface area (Å²) >= 11 is 0. The normalized spacial score (nSPS) is 11.8. The number of para-hydroxylation sites is 1. The second kappa shape index (κ2) is 8.12. The number of nitrogens with one attached hydrogen (secondary N) is 1. The Labute approximate surface area is 185 Å². The van der Waals surface area contributed by atoms with E-state index in [1.54, 1.807) is 11.5 Å². The van der Waals surface area contributed by atoms with Crippen molar-refractivity contribution in [2.45, 2.75) is 33.7 Å². The quantitative estimate of drug-likeness (QED) is 0.470. The Morgan fingerprint density at radius 1 is 1.03 bits per heavy atom. The van der Waals surface area contributed by atoms with E-state index in [1.807, 2.05) is 63.2 Å². The van der Waals surface area contributed by atoms with Crippen LogP contribution in [0, 0.1) is 27.3 Å². The summed E-state index contributed by atoms with van der Waals surface area (Å²) < 4.78 is 1.64. The highest BCUT2D eigenvalue weighted by Gasteiger charge is 2.22. The van der Waals surface area contributed by atoms with Gasteiger partial charge in [0.2, 0.25) is 11.6 Å². The van der Waals surface area contributed by atoms with Gasteiger partial charge in [0, 0.05) is 0 Å². The van der Waals surface area contributed by atoms with Crippen molar-refractivity contribution in [1.82, 2.24) is 19.5 Å². The molecule has 0 saturated heterocycles. The molecule has 0 unspecified atom stereocenters. The fourth-order valence-electron chi connectivity index (χ4n) is 3.84. The van der Waals surface area contributed by atoms with Crippen molar-refractivity contribution in [1.29, 1.82) is 0 Å². The van der Waals surface area contributed by atoms with Crippen molar-refractivity contribution in [3.8, 4) is 5.69 Å². The van der Waals surface area contributed by atoms with Crippen LogP contribution in [0.15, 0.2) is 47.3 Å². The van der Waals surface area contributed by atoms with Crippen molar-refractivity contribution >= 4 is 28.4 Å². The first-order valence-corrected chi connectivity index (χ1v) is 10.2. The van der Waals surface area contributed by atoms with Crippen LogP contribution in [-0.4, -0.2) is 19.5 Å². The molecular weight excluding hydrogens is 402 g/mol. The predicted octanol–water partition coefficient (Wildman–Crippen LogP) is 4.41. The Kier molecular flexibility index (Phi) is 5.33. The maximum Gasteiger partial charge on any atom is 0.266 e. The van der Waals surface area contributed by atoms with Crippen LogP contribution in [-0.2, 0) is 0 Å². The molecule has 160 valence electrons. The van der Waals surface area contributed by atoms with Crippen molar-refractivity contribution in [2.75, 3.05) is 11.1 Å². The molecule has 4 aromatic rings. The number of hydrogen-bond donors (Lipinski definition) is 2. The Balaban J connectivity index is 1.97. The number of anilines is 2. The summed E-state index contributed by atoms with van der Waals surface area (Å²) in [5.41, 5.74) is 9.63. The number of nitrogen functional groups attached to an aromatic ring is 1. The van der Waals surface area contributed by atoms with E-state index in [9.17, 15) is 4.79 Å². The molecule has 0 bridgehead atoms. The molecule has 0 amide bonds. The smallest absolute Gasteiger partial charge is 0.266 e. The number of hydrogen-bond acceptors (Lipinski definition) is 6. The molecule has 4 rings (SSSR count). The lowest BCUT2D eigenvalue weighted by atomic mass is 10.1. The van der Waals surface area contributed by atoms with Crippen molar-refractivity contribution < 1.29 is 0 Å². The topological polar surface area (TPSA) is 103 Å². The van der Waals surface area contributed by atoms with Gasteiger partial charge >= 0.3 is 0 Å². The lowest BCUT2D eigenvalue weighted by Gasteiger charge is -2.22. The Morgan fingerprint density at radius 3 is 2.47 bits per heavy atom. The Hall–Kier alpha value is -4.25. The highest BCUT2D eigenvalue weighted by atomic mass is 16.1. The van der Waals surface area contributed by atoms with Crippen molar-refractivity contribution in [3.63, 3.8) is 0 Å². The number of aryl methyl sites for hydroxylation is 3. The number of nitrogens with zero attached hydrogens (tertiary/aromatic N) is 5. The third-order valence-electron chi connectivity index (χ3n) is 5.42. The fraction of sp³-hybridized carbons (Fsp3) is 0.208. The van der Waals surface area contributed by atoms with E-state index in [0.717, 1.165) is 16.8 Å². The summed E-state index contributed by atoms with van der Waals surface area (Å²) in [4.78, 5) is 30.4. The van der Waals surface area contributed by atoms with Crippen molar-refractivity contribution in [2.24, 2.45) is 0 Å². The number of aromatic nitrogens is 4. The van der Waals surface area contributed by atoms with Crippen LogP contribution in [0.4, 0.5) is 17.5 Å². The average Bonchev–Trinajstić information content (AvgIpc) is 2.74. The average molecular weight is 425 g/mol. The minimum Gasteiger partial charge on any atom is -0.369 e. The lowest BCUT2D eigenvalue weighted by Crippen LogP contribution is -2.28. The van der Waals surface area contributed by atoms with Crippen LogP contribution in [0.3, 0.4) is 0 Å². The lowest BCUT2D eigenvalue weighted by molar-refractivity contribution is 0.729.